The minimum absolute atomic E-state index is 0.369. The molecule has 1 heterocycles. The molecule has 0 fully saturated rings. The van der Waals surface area contributed by atoms with E-state index in [2.05, 4.69) is 9.97 Å². The molecule has 82 valence electrons. The van der Waals surface area contributed by atoms with E-state index in [-0.39, 0.29) is 0 Å². The molecule has 1 aromatic carbocycles. The van der Waals surface area contributed by atoms with Gasteiger partial charge >= 0.3 is 6.01 Å². The lowest BCUT2D eigenvalue weighted by atomic mass is 10.1. The fourth-order valence-electron chi connectivity index (χ4n) is 1.49. The van der Waals surface area contributed by atoms with Crippen molar-refractivity contribution in [3.63, 3.8) is 0 Å². The largest absolute Gasteiger partial charge is 0.467 e. The molecule has 1 aromatic heterocycles. The van der Waals surface area contributed by atoms with Gasteiger partial charge in [-0.1, -0.05) is 29.8 Å². The number of aromatic nitrogens is 2. The Kier molecular flexibility index (Phi) is 3.06. The van der Waals surface area contributed by atoms with Gasteiger partial charge in [0.2, 0.25) is 0 Å². The maximum atomic E-state index is 6.12. The fraction of sp³-hybridized carbons (Fsp3) is 0.167. The first-order chi connectivity index (χ1) is 7.72. The van der Waals surface area contributed by atoms with E-state index < -0.39 is 0 Å². The van der Waals surface area contributed by atoms with Crippen LogP contribution < -0.4 is 4.74 Å². The van der Waals surface area contributed by atoms with Crippen LogP contribution in [0.2, 0.25) is 5.02 Å². The average Bonchev–Trinajstić information content (AvgIpc) is 2.30. The van der Waals surface area contributed by atoms with Crippen molar-refractivity contribution >= 4 is 11.6 Å². The molecule has 16 heavy (non-hydrogen) atoms. The van der Waals surface area contributed by atoms with Crippen molar-refractivity contribution in [1.82, 2.24) is 9.97 Å². The predicted octanol–water partition coefficient (Wildman–Crippen LogP) is 3.11. The molecule has 0 N–H and O–H groups in total. The summed E-state index contributed by atoms with van der Waals surface area (Å²) in [5, 5.41) is 0.694. The van der Waals surface area contributed by atoms with E-state index in [0.717, 1.165) is 16.8 Å². The minimum atomic E-state index is 0.369. The number of aryl methyl sites for hydroxylation is 1. The first-order valence-corrected chi connectivity index (χ1v) is 5.22. The highest BCUT2D eigenvalue weighted by Crippen LogP contribution is 2.29. The summed E-state index contributed by atoms with van der Waals surface area (Å²) in [4.78, 5) is 8.30. The van der Waals surface area contributed by atoms with Crippen molar-refractivity contribution in [3.05, 3.63) is 41.2 Å². The van der Waals surface area contributed by atoms with E-state index >= 15 is 0 Å². The van der Waals surface area contributed by atoms with Crippen LogP contribution in [0.25, 0.3) is 11.1 Å². The molecule has 4 heteroatoms. The normalized spacial score (nSPS) is 10.2. The lowest BCUT2D eigenvalue weighted by Gasteiger charge is -2.07. The zero-order valence-corrected chi connectivity index (χ0v) is 9.82. The zero-order chi connectivity index (χ0) is 11.5. The van der Waals surface area contributed by atoms with Crippen LogP contribution in [-0.2, 0) is 0 Å². The van der Waals surface area contributed by atoms with Crippen molar-refractivity contribution < 1.29 is 4.74 Å². The number of nitrogens with zero attached hydrogens (tertiary/aromatic N) is 2. The Morgan fingerprint density at radius 2 is 1.94 bits per heavy atom. The second-order valence-corrected chi connectivity index (χ2v) is 3.74. The molecule has 0 bridgehead atoms. The van der Waals surface area contributed by atoms with Gasteiger partial charge in [-0.2, -0.15) is 4.98 Å². The van der Waals surface area contributed by atoms with Gasteiger partial charge in [0.1, 0.15) is 0 Å². The Hall–Kier alpha value is -1.61. The van der Waals surface area contributed by atoms with Gasteiger partial charge in [-0.15, -0.1) is 0 Å². The van der Waals surface area contributed by atoms with Gasteiger partial charge in [-0.25, -0.2) is 4.98 Å². The van der Waals surface area contributed by atoms with Crippen LogP contribution in [0.1, 0.15) is 5.69 Å². The molecule has 0 aliphatic rings. The molecule has 3 nitrogen and oxygen atoms in total. The number of halogens is 1. The van der Waals surface area contributed by atoms with E-state index in [1.165, 1.54) is 0 Å². The molecule has 0 saturated heterocycles. The van der Waals surface area contributed by atoms with E-state index in [0.29, 0.717) is 11.0 Å². The topological polar surface area (TPSA) is 35.0 Å². The molecule has 0 unspecified atom stereocenters. The van der Waals surface area contributed by atoms with Gasteiger partial charge in [0, 0.05) is 22.3 Å². The molecular weight excluding hydrogens is 224 g/mol. The van der Waals surface area contributed by atoms with E-state index in [1.54, 1.807) is 13.3 Å². The van der Waals surface area contributed by atoms with E-state index in [9.17, 15) is 0 Å². The first-order valence-electron chi connectivity index (χ1n) is 4.85. The van der Waals surface area contributed by atoms with Gasteiger partial charge in [0.25, 0.3) is 0 Å². The second kappa shape index (κ2) is 4.49. The highest BCUT2D eigenvalue weighted by atomic mass is 35.5. The zero-order valence-electron chi connectivity index (χ0n) is 9.07. The van der Waals surface area contributed by atoms with E-state index in [4.69, 9.17) is 16.3 Å². The third kappa shape index (κ3) is 1.99. The van der Waals surface area contributed by atoms with Crippen molar-refractivity contribution in [2.24, 2.45) is 0 Å². The molecule has 0 spiro atoms. The van der Waals surface area contributed by atoms with Crippen LogP contribution in [0.4, 0.5) is 0 Å². The molecule has 0 saturated carbocycles. The van der Waals surface area contributed by atoms with Crippen molar-refractivity contribution in [2.45, 2.75) is 6.92 Å². The molecule has 2 rings (SSSR count). The SMILES string of the molecule is COc1ncc(-c2ccccc2Cl)c(C)n1. The van der Waals surface area contributed by atoms with Crippen LogP contribution in [-0.4, -0.2) is 17.1 Å². The molecule has 0 aliphatic carbocycles. The molecule has 2 aromatic rings. The third-order valence-electron chi connectivity index (χ3n) is 2.30. The fourth-order valence-corrected chi connectivity index (χ4v) is 1.73. The molecule has 0 aliphatic heterocycles. The predicted molar refractivity (Wildman–Crippen MR) is 63.8 cm³/mol. The van der Waals surface area contributed by atoms with Crippen LogP contribution in [0, 0.1) is 6.92 Å². The summed E-state index contributed by atoms with van der Waals surface area (Å²) in [5.74, 6) is 0. The smallest absolute Gasteiger partial charge is 0.316 e. The number of methoxy groups -OCH3 is 1. The van der Waals surface area contributed by atoms with Gasteiger partial charge in [0.05, 0.1) is 12.8 Å². The molecule has 0 atom stereocenters. The van der Waals surface area contributed by atoms with Crippen molar-refractivity contribution in [3.8, 4) is 17.1 Å². The lowest BCUT2D eigenvalue weighted by molar-refractivity contribution is 0.379. The highest BCUT2D eigenvalue weighted by Gasteiger charge is 2.08. The highest BCUT2D eigenvalue weighted by molar-refractivity contribution is 6.33. The number of hydrogen-bond acceptors (Lipinski definition) is 3. The summed E-state index contributed by atoms with van der Waals surface area (Å²) in [5.41, 5.74) is 2.70. The lowest BCUT2D eigenvalue weighted by Crippen LogP contribution is -1.96. The molecule has 0 amide bonds. The van der Waals surface area contributed by atoms with Crippen LogP contribution in [0.3, 0.4) is 0 Å². The summed E-state index contributed by atoms with van der Waals surface area (Å²) in [6.07, 6.45) is 1.72. The number of rotatable bonds is 2. The Morgan fingerprint density at radius 3 is 2.56 bits per heavy atom. The van der Waals surface area contributed by atoms with Gasteiger partial charge in [0.15, 0.2) is 0 Å². The first kappa shape index (κ1) is 10.9. The summed E-state index contributed by atoms with van der Waals surface area (Å²) in [7, 11) is 1.55. The number of benzene rings is 1. The van der Waals surface area contributed by atoms with Gasteiger partial charge < -0.3 is 4.74 Å². The van der Waals surface area contributed by atoms with Gasteiger partial charge in [-0.3, -0.25) is 0 Å². The summed E-state index contributed by atoms with van der Waals surface area (Å²) >= 11 is 6.12. The van der Waals surface area contributed by atoms with Crippen molar-refractivity contribution in [1.29, 1.82) is 0 Å². The average molecular weight is 235 g/mol. The quantitative estimate of drug-likeness (QED) is 0.801. The van der Waals surface area contributed by atoms with Crippen LogP contribution >= 0.6 is 11.6 Å². The number of hydrogen-bond donors (Lipinski definition) is 0. The van der Waals surface area contributed by atoms with E-state index in [1.807, 2.05) is 31.2 Å². The monoisotopic (exact) mass is 234 g/mol. The van der Waals surface area contributed by atoms with Gasteiger partial charge in [-0.05, 0) is 13.0 Å². The standard InChI is InChI=1S/C12H11ClN2O/c1-8-10(7-14-12(15-8)16-2)9-5-3-4-6-11(9)13/h3-7H,1-2H3. The van der Waals surface area contributed by atoms with Crippen molar-refractivity contribution in [2.75, 3.05) is 7.11 Å². The molecule has 0 radical (unpaired) electrons. The maximum absolute atomic E-state index is 6.12. The maximum Gasteiger partial charge on any atom is 0.316 e. The number of ether oxygens (including phenoxy) is 1. The minimum Gasteiger partial charge on any atom is -0.467 e. The summed E-state index contributed by atoms with van der Waals surface area (Å²) in [6.45, 7) is 1.91. The van der Waals surface area contributed by atoms with Crippen LogP contribution in [0.15, 0.2) is 30.5 Å². The second-order valence-electron chi connectivity index (χ2n) is 3.34. The van der Waals surface area contributed by atoms with Crippen LogP contribution in [0.5, 0.6) is 6.01 Å². The summed E-state index contributed by atoms with van der Waals surface area (Å²) in [6, 6.07) is 7.99. The Bertz CT molecular complexity index is 514. The molecular formula is C12H11ClN2O. The Morgan fingerprint density at radius 1 is 1.19 bits per heavy atom. The Labute approximate surface area is 99.1 Å². The Balaban J connectivity index is 2.53. The summed E-state index contributed by atoms with van der Waals surface area (Å²) < 4.78 is 4.96. The third-order valence-corrected chi connectivity index (χ3v) is 2.63.